The number of aliphatic carboxylic acids is 1. The first-order valence-corrected chi connectivity index (χ1v) is 7.88. The first kappa shape index (κ1) is 14.9. The van der Waals surface area contributed by atoms with E-state index in [1.165, 1.54) is 0 Å². The van der Waals surface area contributed by atoms with Crippen LogP contribution in [-0.2, 0) is 9.59 Å². The van der Waals surface area contributed by atoms with Gasteiger partial charge in [0.25, 0.3) is 5.91 Å². The van der Waals surface area contributed by atoms with Gasteiger partial charge in [-0.05, 0) is 37.3 Å². The van der Waals surface area contributed by atoms with Crippen molar-refractivity contribution in [3.8, 4) is 5.75 Å². The van der Waals surface area contributed by atoms with Crippen molar-refractivity contribution in [2.24, 2.45) is 5.92 Å². The summed E-state index contributed by atoms with van der Waals surface area (Å²) in [4.78, 5) is 25.6. The van der Waals surface area contributed by atoms with E-state index in [9.17, 15) is 14.7 Å². The van der Waals surface area contributed by atoms with Gasteiger partial charge >= 0.3 is 5.97 Å². The van der Waals surface area contributed by atoms with E-state index in [-0.39, 0.29) is 18.6 Å². The maximum absolute atomic E-state index is 12.5. The molecular weight excluding hydrogens is 282 g/mol. The van der Waals surface area contributed by atoms with Crippen molar-refractivity contribution in [2.45, 2.75) is 44.2 Å². The summed E-state index contributed by atoms with van der Waals surface area (Å²) >= 11 is 0. The van der Waals surface area contributed by atoms with E-state index in [1.807, 2.05) is 18.2 Å². The third-order valence-corrected chi connectivity index (χ3v) is 4.77. The average Bonchev–Trinajstić information content (AvgIpc) is 2.93. The summed E-state index contributed by atoms with van der Waals surface area (Å²) in [5.74, 6) is -0.161. The molecule has 5 nitrogen and oxygen atoms in total. The van der Waals surface area contributed by atoms with Gasteiger partial charge in [-0.25, -0.2) is 4.79 Å². The Balaban J connectivity index is 1.69. The van der Waals surface area contributed by atoms with E-state index in [0.29, 0.717) is 18.1 Å². The Bertz CT molecular complexity index is 545. The molecule has 0 unspecified atom stereocenters. The molecule has 1 saturated heterocycles. The smallest absolute Gasteiger partial charge is 0.326 e. The number of benzene rings is 1. The van der Waals surface area contributed by atoms with E-state index in [0.717, 1.165) is 25.7 Å². The number of carboxylic acids is 1. The lowest BCUT2D eigenvalue weighted by Gasteiger charge is -2.32. The highest BCUT2D eigenvalue weighted by molar-refractivity contribution is 5.85. The lowest BCUT2D eigenvalue weighted by atomic mass is 9.85. The molecule has 1 aromatic carbocycles. The molecule has 0 bridgehead atoms. The molecule has 0 aromatic heterocycles. The van der Waals surface area contributed by atoms with E-state index >= 15 is 0 Å². The third kappa shape index (κ3) is 2.93. The van der Waals surface area contributed by atoms with Gasteiger partial charge in [-0.3, -0.25) is 4.79 Å². The van der Waals surface area contributed by atoms with E-state index in [2.05, 4.69) is 0 Å². The molecule has 118 valence electrons. The van der Waals surface area contributed by atoms with Crippen LogP contribution in [0.3, 0.4) is 0 Å². The minimum absolute atomic E-state index is 0.0710. The number of ether oxygens (including phenoxy) is 1. The number of hydrogen-bond donors (Lipinski definition) is 1. The topological polar surface area (TPSA) is 66.8 Å². The monoisotopic (exact) mass is 303 g/mol. The minimum atomic E-state index is -0.900. The van der Waals surface area contributed by atoms with E-state index < -0.39 is 12.0 Å². The fourth-order valence-corrected chi connectivity index (χ4v) is 3.78. The largest absolute Gasteiger partial charge is 0.484 e. The van der Waals surface area contributed by atoms with Crippen molar-refractivity contribution in [1.82, 2.24) is 4.90 Å². The SMILES string of the molecule is O=C(O)[C@H]1C[C@@H]2CCCC[C@H]2N1C(=O)COc1ccccc1. The maximum atomic E-state index is 12.5. The highest BCUT2D eigenvalue weighted by Crippen LogP contribution is 2.39. The average molecular weight is 303 g/mol. The van der Waals surface area contributed by atoms with Crippen molar-refractivity contribution in [1.29, 1.82) is 0 Å². The van der Waals surface area contributed by atoms with E-state index in [4.69, 9.17) is 4.74 Å². The molecule has 1 N–H and O–H groups in total. The lowest BCUT2D eigenvalue weighted by molar-refractivity contribution is -0.150. The molecule has 22 heavy (non-hydrogen) atoms. The Morgan fingerprint density at radius 1 is 1.18 bits per heavy atom. The van der Waals surface area contributed by atoms with Crippen LogP contribution < -0.4 is 4.74 Å². The van der Waals surface area contributed by atoms with Gasteiger partial charge in [0.1, 0.15) is 11.8 Å². The first-order chi connectivity index (χ1) is 10.7. The predicted molar refractivity (Wildman–Crippen MR) is 80.6 cm³/mol. The van der Waals surface area contributed by atoms with Crippen LogP contribution in [0.15, 0.2) is 30.3 Å². The van der Waals surface area contributed by atoms with Crippen LogP contribution in [0.4, 0.5) is 0 Å². The number of carboxylic acid groups (broad SMARTS) is 1. The molecule has 1 amide bonds. The second-order valence-corrected chi connectivity index (χ2v) is 6.10. The number of para-hydroxylation sites is 1. The fraction of sp³-hybridized carbons (Fsp3) is 0.529. The van der Waals surface area contributed by atoms with Crippen molar-refractivity contribution in [3.63, 3.8) is 0 Å². The van der Waals surface area contributed by atoms with Crippen LogP contribution in [-0.4, -0.2) is 40.6 Å². The van der Waals surface area contributed by atoms with Gasteiger partial charge in [-0.15, -0.1) is 0 Å². The summed E-state index contributed by atoms with van der Waals surface area (Å²) in [5.41, 5.74) is 0. The van der Waals surface area contributed by atoms with Crippen molar-refractivity contribution >= 4 is 11.9 Å². The molecule has 3 rings (SSSR count). The number of fused-ring (bicyclic) bond motifs is 1. The number of hydrogen-bond acceptors (Lipinski definition) is 3. The zero-order chi connectivity index (χ0) is 15.5. The summed E-state index contributed by atoms with van der Waals surface area (Å²) in [6.45, 7) is -0.100. The van der Waals surface area contributed by atoms with Crippen molar-refractivity contribution in [2.75, 3.05) is 6.61 Å². The molecular formula is C17H21NO4. The van der Waals surface area contributed by atoms with Crippen molar-refractivity contribution in [3.05, 3.63) is 30.3 Å². The summed E-state index contributed by atoms with van der Waals surface area (Å²) in [5, 5.41) is 9.43. The molecule has 0 radical (unpaired) electrons. The second kappa shape index (κ2) is 6.38. The number of rotatable bonds is 4. The second-order valence-electron chi connectivity index (χ2n) is 6.10. The van der Waals surface area contributed by atoms with Crippen LogP contribution in [0.1, 0.15) is 32.1 Å². The van der Waals surface area contributed by atoms with E-state index in [1.54, 1.807) is 17.0 Å². The van der Waals surface area contributed by atoms with Gasteiger partial charge in [0, 0.05) is 6.04 Å². The standard InChI is InChI=1S/C17H21NO4/c19-16(11-22-13-7-2-1-3-8-13)18-14-9-5-4-6-12(14)10-15(18)17(20)21/h1-3,7-8,12,14-15H,4-6,9-11H2,(H,20,21)/t12-,14+,15+/m0/s1. The normalized spacial score (nSPS) is 27.3. The van der Waals surface area contributed by atoms with Crippen LogP contribution in [0, 0.1) is 5.92 Å². The van der Waals surface area contributed by atoms with Gasteiger partial charge < -0.3 is 14.7 Å². The summed E-state index contributed by atoms with van der Waals surface area (Å²) < 4.78 is 5.50. The number of carbonyl (C=O) groups excluding carboxylic acids is 1. The molecule has 2 aliphatic rings. The molecule has 1 aliphatic heterocycles. The molecule has 1 heterocycles. The molecule has 1 aliphatic carbocycles. The van der Waals surface area contributed by atoms with Crippen molar-refractivity contribution < 1.29 is 19.4 Å². The van der Waals surface area contributed by atoms with Gasteiger partial charge in [0.2, 0.25) is 0 Å². The lowest BCUT2D eigenvalue weighted by Crippen LogP contribution is -2.48. The Morgan fingerprint density at radius 3 is 2.64 bits per heavy atom. The Morgan fingerprint density at radius 2 is 1.91 bits per heavy atom. The third-order valence-electron chi connectivity index (χ3n) is 4.77. The van der Waals surface area contributed by atoms with Crippen LogP contribution in [0.2, 0.25) is 0 Å². The Labute approximate surface area is 129 Å². The van der Waals surface area contributed by atoms with Gasteiger partial charge in [-0.2, -0.15) is 0 Å². The molecule has 0 spiro atoms. The van der Waals surface area contributed by atoms with Gasteiger partial charge in [-0.1, -0.05) is 31.0 Å². The minimum Gasteiger partial charge on any atom is -0.484 e. The number of likely N-dealkylation sites (tertiary alicyclic amines) is 1. The number of carbonyl (C=O) groups is 2. The zero-order valence-electron chi connectivity index (χ0n) is 12.5. The Hall–Kier alpha value is -2.04. The first-order valence-electron chi connectivity index (χ1n) is 7.88. The van der Waals surface area contributed by atoms with Gasteiger partial charge in [0.05, 0.1) is 0 Å². The molecule has 1 saturated carbocycles. The van der Waals surface area contributed by atoms with Crippen LogP contribution in [0.5, 0.6) is 5.75 Å². The highest BCUT2D eigenvalue weighted by atomic mass is 16.5. The highest BCUT2D eigenvalue weighted by Gasteiger charge is 2.47. The quantitative estimate of drug-likeness (QED) is 0.927. The molecule has 1 aromatic rings. The maximum Gasteiger partial charge on any atom is 0.326 e. The molecule has 5 heteroatoms. The summed E-state index contributed by atoms with van der Waals surface area (Å²) in [6, 6.07) is 8.51. The predicted octanol–water partition coefficient (Wildman–Crippen LogP) is 2.31. The summed E-state index contributed by atoms with van der Waals surface area (Å²) in [7, 11) is 0. The summed E-state index contributed by atoms with van der Waals surface area (Å²) in [6.07, 6.45) is 4.72. The Kier molecular flexibility index (Phi) is 4.32. The zero-order valence-corrected chi connectivity index (χ0v) is 12.5. The molecule has 3 atom stereocenters. The number of nitrogens with zero attached hydrogens (tertiary/aromatic N) is 1. The van der Waals surface area contributed by atoms with Crippen LogP contribution in [0.25, 0.3) is 0 Å². The molecule has 2 fully saturated rings. The van der Waals surface area contributed by atoms with Crippen LogP contribution >= 0.6 is 0 Å². The fourth-order valence-electron chi connectivity index (χ4n) is 3.78. The number of amides is 1. The van der Waals surface area contributed by atoms with Gasteiger partial charge in [0.15, 0.2) is 6.61 Å².